The van der Waals surface area contributed by atoms with Crippen LogP contribution >= 0.6 is 11.3 Å². The van der Waals surface area contributed by atoms with Crippen molar-refractivity contribution in [3.63, 3.8) is 0 Å². The van der Waals surface area contributed by atoms with E-state index in [9.17, 15) is 21.6 Å². The first-order valence-corrected chi connectivity index (χ1v) is 12.1. The van der Waals surface area contributed by atoms with E-state index in [2.05, 4.69) is 10.6 Å². The zero-order chi connectivity index (χ0) is 20.9. The van der Waals surface area contributed by atoms with Crippen LogP contribution < -0.4 is 15.8 Å². The van der Waals surface area contributed by atoms with Gasteiger partial charge in [0.15, 0.2) is 0 Å². The average molecular weight is 447 g/mol. The molecule has 0 fully saturated rings. The second kappa shape index (κ2) is 9.01. The highest BCUT2D eigenvalue weighted by Gasteiger charge is 2.23. The Kier molecular flexibility index (Phi) is 7.17. The number of benzene rings is 1. The molecule has 0 spiro atoms. The number of nitrogens with one attached hydrogen (secondary N) is 2. The summed E-state index contributed by atoms with van der Waals surface area (Å²) in [6, 6.07) is 8.08. The Balaban J connectivity index is 1.96. The molecule has 0 bridgehead atoms. The average Bonchev–Trinajstić information content (AvgIpc) is 3.10. The van der Waals surface area contributed by atoms with Crippen LogP contribution in [0.2, 0.25) is 0 Å². The van der Waals surface area contributed by atoms with Gasteiger partial charge in [-0.15, -0.1) is 11.3 Å². The molecular formula is C16H22N4O5S3. The zero-order valence-corrected chi connectivity index (χ0v) is 17.8. The Morgan fingerprint density at radius 1 is 1.04 bits per heavy atom. The number of nitrogens with two attached hydrogens (primary N) is 1. The smallest absolute Gasteiger partial charge is 0.319 e. The van der Waals surface area contributed by atoms with Crippen molar-refractivity contribution in [1.82, 2.24) is 9.62 Å². The molecule has 2 aromatic rings. The molecule has 0 saturated heterocycles. The van der Waals surface area contributed by atoms with Gasteiger partial charge in [0.05, 0.1) is 11.4 Å². The van der Waals surface area contributed by atoms with E-state index >= 15 is 0 Å². The molecule has 9 nitrogen and oxygen atoms in total. The third-order valence-corrected chi connectivity index (χ3v) is 8.33. The summed E-state index contributed by atoms with van der Waals surface area (Å²) in [5.74, 6) is 0. The van der Waals surface area contributed by atoms with Crippen molar-refractivity contribution < 1.29 is 21.6 Å². The highest BCUT2D eigenvalue weighted by molar-refractivity contribution is 7.91. The Morgan fingerprint density at radius 2 is 1.64 bits per heavy atom. The number of thiophene rings is 1. The Labute approximate surface area is 168 Å². The molecular weight excluding hydrogens is 424 g/mol. The van der Waals surface area contributed by atoms with Gasteiger partial charge in [-0.05, 0) is 36.4 Å². The van der Waals surface area contributed by atoms with Gasteiger partial charge in [0, 0.05) is 23.7 Å². The van der Waals surface area contributed by atoms with Gasteiger partial charge < -0.3 is 10.6 Å². The lowest BCUT2D eigenvalue weighted by Crippen LogP contribution is -2.30. The number of amides is 2. The van der Waals surface area contributed by atoms with E-state index in [1.54, 1.807) is 19.9 Å². The minimum absolute atomic E-state index is 0.0565. The molecule has 1 heterocycles. The summed E-state index contributed by atoms with van der Waals surface area (Å²) in [7, 11) is -7.31. The summed E-state index contributed by atoms with van der Waals surface area (Å²) < 4.78 is 49.0. The predicted octanol–water partition coefficient (Wildman–Crippen LogP) is 1.75. The molecule has 28 heavy (non-hydrogen) atoms. The lowest BCUT2D eigenvalue weighted by Gasteiger charge is -2.16. The molecule has 0 aliphatic rings. The van der Waals surface area contributed by atoms with Crippen LogP contribution in [0.25, 0.3) is 0 Å². The summed E-state index contributed by atoms with van der Waals surface area (Å²) >= 11 is 1.10. The number of carbonyl (C=O) groups excluding carboxylic acids is 1. The van der Waals surface area contributed by atoms with Crippen LogP contribution in [-0.2, 0) is 26.6 Å². The predicted molar refractivity (Wildman–Crippen MR) is 108 cm³/mol. The molecule has 154 valence electrons. The van der Waals surface area contributed by atoms with Gasteiger partial charge in [0.25, 0.3) is 10.0 Å². The van der Waals surface area contributed by atoms with Gasteiger partial charge in [0.2, 0.25) is 10.0 Å². The molecule has 0 atom stereocenters. The van der Waals surface area contributed by atoms with Crippen molar-refractivity contribution in [2.45, 2.75) is 29.5 Å². The number of hydrogen-bond donors (Lipinski definition) is 3. The molecule has 0 unspecified atom stereocenters. The first-order valence-electron chi connectivity index (χ1n) is 8.34. The molecule has 1 aromatic heterocycles. The lowest BCUT2D eigenvalue weighted by atomic mass is 10.3. The topological polar surface area (TPSA) is 139 Å². The summed E-state index contributed by atoms with van der Waals surface area (Å²) in [5, 5.41) is 10.2. The SMILES string of the molecule is CCN(CC)S(=O)(=O)c1ccc(CNC(=O)Nc2ccc(S(N)(=O)=O)cc2)s1. The van der Waals surface area contributed by atoms with Gasteiger partial charge >= 0.3 is 6.03 Å². The fourth-order valence-electron chi connectivity index (χ4n) is 2.35. The van der Waals surface area contributed by atoms with Crippen LogP contribution in [0.1, 0.15) is 18.7 Å². The summed E-state index contributed by atoms with van der Waals surface area (Å²) in [6.45, 7) is 4.47. The van der Waals surface area contributed by atoms with Crippen molar-refractivity contribution >= 4 is 43.1 Å². The van der Waals surface area contributed by atoms with E-state index in [4.69, 9.17) is 5.14 Å². The number of nitrogens with zero attached hydrogens (tertiary/aromatic N) is 1. The quantitative estimate of drug-likeness (QED) is 0.567. The van der Waals surface area contributed by atoms with Crippen molar-refractivity contribution in [2.24, 2.45) is 5.14 Å². The monoisotopic (exact) mass is 446 g/mol. The maximum Gasteiger partial charge on any atom is 0.319 e. The molecule has 4 N–H and O–H groups in total. The summed E-state index contributed by atoms with van der Waals surface area (Å²) in [6.07, 6.45) is 0. The molecule has 2 amide bonds. The zero-order valence-electron chi connectivity index (χ0n) is 15.4. The molecule has 0 radical (unpaired) electrons. The number of rotatable bonds is 8. The second-order valence-electron chi connectivity index (χ2n) is 5.69. The Hall–Kier alpha value is -1.99. The van der Waals surface area contributed by atoms with Crippen LogP contribution in [0.3, 0.4) is 0 Å². The van der Waals surface area contributed by atoms with Crippen LogP contribution in [0.15, 0.2) is 45.5 Å². The van der Waals surface area contributed by atoms with Crippen LogP contribution in [0.4, 0.5) is 10.5 Å². The third-order valence-electron chi connectivity index (χ3n) is 3.80. The van der Waals surface area contributed by atoms with Crippen LogP contribution in [0, 0.1) is 0 Å². The highest BCUT2D eigenvalue weighted by atomic mass is 32.2. The first kappa shape index (κ1) is 22.3. The number of hydrogen-bond acceptors (Lipinski definition) is 6. The number of anilines is 1. The molecule has 0 aliphatic heterocycles. The van der Waals surface area contributed by atoms with Crippen molar-refractivity contribution in [3.05, 3.63) is 41.3 Å². The normalized spacial score (nSPS) is 12.1. The number of primary sulfonamides is 1. The molecule has 0 aliphatic carbocycles. The summed E-state index contributed by atoms with van der Waals surface area (Å²) in [4.78, 5) is 12.6. The number of sulfonamides is 2. The number of urea groups is 1. The molecule has 0 saturated carbocycles. The minimum atomic E-state index is -3.79. The van der Waals surface area contributed by atoms with Crippen LogP contribution in [-0.4, -0.2) is 40.3 Å². The second-order valence-corrected chi connectivity index (χ2v) is 10.6. The molecule has 1 aromatic carbocycles. The van der Waals surface area contributed by atoms with Gasteiger partial charge in [-0.25, -0.2) is 26.8 Å². The largest absolute Gasteiger partial charge is 0.333 e. The van der Waals surface area contributed by atoms with E-state index in [0.717, 1.165) is 11.3 Å². The highest BCUT2D eigenvalue weighted by Crippen LogP contribution is 2.24. The maximum absolute atomic E-state index is 12.5. The Morgan fingerprint density at radius 3 is 2.18 bits per heavy atom. The van der Waals surface area contributed by atoms with Gasteiger partial charge in [-0.2, -0.15) is 4.31 Å². The van der Waals surface area contributed by atoms with Gasteiger partial charge in [-0.3, -0.25) is 0 Å². The number of carbonyl (C=O) groups is 1. The van der Waals surface area contributed by atoms with E-state index in [-0.39, 0.29) is 15.6 Å². The third kappa shape index (κ3) is 5.52. The maximum atomic E-state index is 12.5. The van der Waals surface area contributed by atoms with E-state index in [1.807, 2.05) is 0 Å². The molecule has 2 rings (SSSR count). The van der Waals surface area contributed by atoms with E-state index < -0.39 is 26.1 Å². The standard InChI is InChI=1S/C16H22N4O5S3/c1-3-20(4-2)28(24,25)15-10-7-13(26-15)11-18-16(21)19-12-5-8-14(9-6-12)27(17,22)23/h5-10H,3-4,11H2,1-2H3,(H2,17,22,23)(H2,18,19,21). The van der Waals surface area contributed by atoms with Crippen molar-refractivity contribution in [2.75, 3.05) is 18.4 Å². The summed E-state index contributed by atoms with van der Waals surface area (Å²) in [5.41, 5.74) is 0.390. The molecule has 12 heteroatoms. The first-order chi connectivity index (χ1) is 13.1. The van der Waals surface area contributed by atoms with Gasteiger partial charge in [0.1, 0.15) is 4.21 Å². The fourth-order valence-corrected chi connectivity index (χ4v) is 5.78. The van der Waals surface area contributed by atoms with Gasteiger partial charge in [-0.1, -0.05) is 13.8 Å². The minimum Gasteiger partial charge on any atom is -0.333 e. The Bertz CT molecular complexity index is 1030. The lowest BCUT2D eigenvalue weighted by molar-refractivity contribution is 0.252. The van der Waals surface area contributed by atoms with E-state index in [0.29, 0.717) is 23.7 Å². The van der Waals surface area contributed by atoms with E-state index in [1.165, 1.54) is 34.6 Å². The van der Waals surface area contributed by atoms with Crippen LogP contribution in [0.5, 0.6) is 0 Å². The fraction of sp³-hybridized carbons (Fsp3) is 0.312. The van der Waals surface area contributed by atoms with Crippen molar-refractivity contribution in [1.29, 1.82) is 0 Å². The van der Waals surface area contributed by atoms with Crippen molar-refractivity contribution in [3.8, 4) is 0 Å².